The van der Waals surface area contributed by atoms with Crippen LogP contribution in [0.2, 0.25) is 0 Å². The van der Waals surface area contributed by atoms with Crippen molar-refractivity contribution >= 4 is 75.0 Å². The number of rotatable bonds is 11. The normalized spacial score (nSPS) is 18.6. The van der Waals surface area contributed by atoms with Gasteiger partial charge in [0, 0.05) is 51.8 Å². The average Bonchev–Trinajstić information content (AvgIpc) is 3.62. The number of carbonyl (C=O) groups excluding carboxylic acids is 3. The number of oxime groups is 1. The van der Waals surface area contributed by atoms with Crippen LogP contribution in [0.5, 0.6) is 0 Å². The number of carboxylic acid groups (broad SMARTS) is 1. The van der Waals surface area contributed by atoms with Gasteiger partial charge in [0.05, 0.1) is 17.4 Å². The van der Waals surface area contributed by atoms with Crippen LogP contribution in [0.4, 0.5) is 5.13 Å². The van der Waals surface area contributed by atoms with Crippen LogP contribution in [0, 0.1) is 0 Å². The Bertz CT molecular complexity index is 1540. The number of nitrogens with one attached hydrogen (secondary N) is 2. The summed E-state index contributed by atoms with van der Waals surface area (Å²) in [5.41, 5.74) is 1.32. The number of aromatic nitrogens is 4. The number of pyridine rings is 1. The van der Waals surface area contributed by atoms with E-state index in [1.807, 2.05) is 48.4 Å². The van der Waals surface area contributed by atoms with Crippen molar-refractivity contribution in [2.45, 2.75) is 29.6 Å². The van der Waals surface area contributed by atoms with Crippen LogP contribution >= 0.6 is 46.4 Å². The average molecular weight is 633 g/mol. The number of β-lactam (4-membered cyclic amide) rings is 1. The zero-order valence-corrected chi connectivity index (χ0v) is 25.3. The number of thioether (sulfide) groups is 2. The minimum Gasteiger partial charge on any atom is -0.543 e. The number of hydrogen-bond acceptors (Lipinski definition) is 14. The van der Waals surface area contributed by atoms with Crippen molar-refractivity contribution in [3.8, 4) is 11.3 Å². The fraction of sp³-hybridized carbons (Fsp3) is 0.333. The van der Waals surface area contributed by atoms with E-state index in [9.17, 15) is 19.5 Å². The summed E-state index contributed by atoms with van der Waals surface area (Å²) >= 11 is 4.98. The second kappa shape index (κ2) is 12.5. The largest absolute Gasteiger partial charge is 0.543 e. The summed E-state index contributed by atoms with van der Waals surface area (Å²) in [5.74, 6) is -2.39. The quantitative estimate of drug-likeness (QED) is 0.133. The minimum absolute atomic E-state index is 0.0537. The standard InChI is InChI=1S/C24H24N8O5S4/c1-4-25-23-28-18(30-41-23)15(29-37-5-2)19(33)27-16-20(34)32-17(22(35)36)14(11-38-21(16)32)40-24-26-13(10-39-24)12-6-8-31(3)9-7-12/h6-10,16,21H,4-5,11H2,1-3H3,(H2-,25,27,28,30,33,35,36)/b29-15-/t16-,21-/m1/s1. The Balaban J connectivity index is 1.31. The molecule has 5 rings (SSSR count). The first-order chi connectivity index (χ1) is 19.8. The number of thiazole rings is 1. The zero-order valence-electron chi connectivity index (χ0n) is 22.0. The monoisotopic (exact) mass is 632 g/mol. The Morgan fingerprint density at radius 3 is 2.78 bits per heavy atom. The molecule has 0 aromatic carbocycles. The van der Waals surface area contributed by atoms with Gasteiger partial charge in [-0.2, -0.15) is 9.36 Å². The second-order valence-electron chi connectivity index (χ2n) is 8.58. The van der Waals surface area contributed by atoms with Crippen LogP contribution in [0.15, 0.2) is 50.0 Å². The van der Waals surface area contributed by atoms with Gasteiger partial charge in [-0.25, -0.2) is 9.55 Å². The predicted octanol–water partition coefficient (Wildman–Crippen LogP) is 0.812. The lowest BCUT2D eigenvalue weighted by Gasteiger charge is -2.50. The molecule has 1 fully saturated rings. The highest BCUT2D eigenvalue weighted by Crippen LogP contribution is 2.45. The van der Waals surface area contributed by atoms with Crippen LogP contribution in [-0.2, 0) is 26.3 Å². The molecule has 2 amide bonds. The number of aryl methyl sites for hydroxylation is 1. The Morgan fingerprint density at radius 1 is 1.29 bits per heavy atom. The molecule has 13 nitrogen and oxygen atoms in total. The third-order valence-corrected chi connectivity index (χ3v) is 10.0. The molecule has 5 heterocycles. The fourth-order valence-corrected chi connectivity index (χ4v) is 8.03. The van der Waals surface area contributed by atoms with Crippen molar-refractivity contribution < 1.29 is 28.9 Å². The van der Waals surface area contributed by atoms with Crippen LogP contribution in [0.1, 0.15) is 19.7 Å². The van der Waals surface area contributed by atoms with E-state index in [-0.39, 0.29) is 23.8 Å². The fourth-order valence-electron chi connectivity index (χ4n) is 3.94. The molecule has 2 N–H and O–H groups in total. The molecule has 0 aliphatic carbocycles. The highest BCUT2D eigenvalue weighted by molar-refractivity contribution is 8.07. The van der Waals surface area contributed by atoms with E-state index in [1.165, 1.54) is 34.9 Å². The van der Waals surface area contributed by atoms with Crippen LogP contribution in [0.3, 0.4) is 0 Å². The maximum absolute atomic E-state index is 13.2. The number of amides is 2. The van der Waals surface area contributed by atoms with Crippen molar-refractivity contribution in [3.05, 3.63) is 46.3 Å². The van der Waals surface area contributed by atoms with Gasteiger partial charge in [0.15, 0.2) is 16.7 Å². The molecule has 0 saturated carbocycles. The number of carbonyl (C=O) groups is 3. The van der Waals surface area contributed by atoms with Gasteiger partial charge >= 0.3 is 0 Å². The molecule has 41 heavy (non-hydrogen) atoms. The molecule has 0 unspecified atom stereocenters. The Morgan fingerprint density at radius 2 is 2.07 bits per heavy atom. The lowest BCUT2D eigenvalue weighted by molar-refractivity contribution is -0.671. The molecule has 3 aromatic heterocycles. The number of hydrogen-bond donors (Lipinski definition) is 2. The van der Waals surface area contributed by atoms with Gasteiger partial charge in [-0.1, -0.05) is 16.9 Å². The maximum Gasteiger partial charge on any atom is 0.278 e. The summed E-state index contributed by atoms with van der Waals surface area (Å²) in [5, 5.41) is 23.5. The van der Waals surface area contributed by atoms with E-state index >= 15 is 0 Å². The summed E-state index contributed by atoms with van der Waals surface area (Å²) in [4.78, 5) is 54.1. The SMILES string of the molecule is CCNc1nc(/C(=N/OCC)C(=O)N[C@@H]2C(=O)N3C(C(=O)[O-])=C(Sc4nc(-c5cc[n+](C)cc5)cs4)CS[C@H]23)ns1. The summed E-state index contributed by atoms with van der Waals surface area (Å²) in [6.07, 6.45) is 3.83. The highest BCUT2D eigenvalue weighted by Gasteiger charge is 2.53. The Hall–Kier alpha value is -3.54. The molecule has 2 aliphatic heterocycles. The zero-order chi connectivity index (χ0) is 29.1. The van der Waals surface area contributed by atoms with Crippen molar-refractivity contribution in [3.63, 3.8) is 0 Å². The van der Waals surface area contributed by atoms with Gasteiger partial charge < -0.3 is 25.4 Å². The number of nitrogens with zero attached hydrogens (tertiary/aromatic N) is 6. The molecular weight excluding hydrogens is 609 g/mol. The third-order valence-electron chi connectivity index (χ3n) is 5.85. The molecule has 0 radical (unpaired) electrons. The van der Waals surface area contributed by atoms with Gasteiger partial charge in [-0.3, -0.25) is 14.5 Å². The molecule has 0 bridgehead atoms. The first-order valence-corrected chi connectivity index (χ1v) is 15.9. The molecule has 3 aromatic rings. The smallest absolute Gasteiger partial charge is 0.278 e. The molecule has 2 aliphatic rings. The highest BCUT2D eigenvalue weighted by atomic mass is 32.2. The third kappa shape index (κ3) is 6.07. The summed E-state index contributed by atoms with van der Waals surface area (Å²) in [6, 6.07) is 2.91. The van der Waals surface area contributed by atoms with E-state index in [4.69, 9.17) is 4.84 Å². The summed E-state index contributed by atoms with van der Waals surface area (Å²) < 4.78 is 6.72. The van der Waals surface area contributed by atoms with E-state index in [2.05, 4.69) is 30.1 Å². The number of fused-ring (bicyclic) bond motifs is 1. The van der Waals surface area contributed by atoms with Gasteiger partial charge in [0.25, 0.3) is 11.8 Å². The van der Waals surface area contributed by atoms with Gasteiger partial charge in [0.1, 0.15) is 25.1 Å². The lowest BCUT2D eigenvalue weighted by Crippen LogP contribution is -2.71. The van der Waals surface area contributed by atoms with Crippen molar-refractivity contribution in [2.24, 2.45) is 12.2 Å². The molecule has 1 saturated heterocycles. The first-order valence-electron chi connectivity index (χ1n) is 12.4. The van der Waals surface area contributed by atoms with Gasteiger partial charge in [-0.05, 0) is 13.8 Å². The number of carboxylic acids is 1. The molecule has 17 heteroatoms. The van der Waals surface area contributed by atoms with Gasteiger partial charge in [-0.15, -0.1) is 23.1 Å². The maximum atomic E-state index is 13.2. The first kappa shape index (κ1) is 29.0. The second-order valence-corrected chi connectivity index (χ2v) is 12.6. The van der Waals surface area contributed by atoms with Crippen molar-refractivity contribution in [1.82, 2.24) is 24.6 Å². The molecule has 214 valence electrons. The van der Waals surface area contributed by atoms with Crippen LogP contribution < -0.4 is 20.3 Å². The molecular formula is C24H24N8O5S4. The lowest BCUT2D eigenvalue weighted by atomic mass is 10.0. The minimum atomic E-state index is -1.47. The van der Waals surface area contributed by atoms with E-state index in [0.29, 0.717) is 26.7 Å². The summed E-state index contributed by atoms with van der Waals surface area (Å²) in [6.45, 7) is 4.44. The van der Waals surface area contributed by atoms with Crippen molar-refractivity contribution in [1.29, 1.82) is 0 Å². The van der Waals surface area contributed by atoms with E-state index in [1.54, 1.807) is 6.92 Å². The van der Waals surface area contributed by atoms with Crippen molar-refractivity contribution in [2.75, 3.05) is 24.2 Å². The Labute approximate surface area is 251 Å². The number of anilines is 1. The van der Waals surface area contributed by atoms with E-state index < -0.39 is 29.2 Å². The number of aliphatic carboxylic acids is 1. The molecule has 0 spiro atoms. The summed E-state index contributed by atoms with van der Waals surface area (Å²) in [7, 11) is 1.92. The predicted molar refractivity (Wildman–Crippen MR) is 154 cm³/mol. The topological polar surface area (TPSA) is 166 Å². The Kier molecular flexibility index (Phi) is 8.86. The van der Waals surface area contributed by atoms with E-state index in [0.717, 1.165) is 27.7 Å². The van der Waals surface area contributed by atoms with Crippen LogP contribution in [0.25, 0.3) is 11.3 Å². The van der Waals surface area contributed by atoms with Gasteiger partial charge in [0.2, 0.25) is 16.7 Å². The van der Waals surface area contributed by atoms with Crippen LogP contribution in [-0.4, -0.2) is 73.1 Å². The molecule has 2 atom stereocenters.